The fraction of sp³-hybridized carbons (Fsp3) is 0.867. The van der Waals surface area contributed by atoms with Crippen molar-refractivity contribution in [1.82, 2.24) is 0 Å². The molecule has 0 bridgehead atoms. The molecule has 2 aliphatic carbocycles. The van der Waals surface area contributed by atoms with E-state index in [0.717, 1.165) is 25.7 Å². The normalized spacial score (nSPS) is 53.2. The highest BCUT2D eigenvalue weighted by Gasteiger charge is 2.68. The third-order valence-corrected chi connectivity index (χ3v) is 5.55. The van der Waals surface area contributed by atoms with Crippen molar-refractivity contribution in [2.45, 2.75) is 63.8 Å². The molecule has 1 N–H and O–H groups in total. The lowest BCUT2D eigenvalue weighted by Gasteiger charge is -2.28. The second kappa shape index (κ2) is 3.36. The number of hydrogen-bond acceptors (Lipinski definition) is 2. The molecular weight excluding hydrogens is 212 g/mol. The number of aliphatic hydroxyl groups is 1. The molecule has 0 aromatic rings. The molecule has 0 aromatic carbocycles. The van der Waals surface area contributed by atoms with Crippen molar-refractivity contribution in [3.05, 3.63) is 12.2 Å². The van der Waals surface area contributed by atoms with Gasteiger partial charge in [0.25, 0.3) is 0 Å². The van der Waals surface area contributed by atoms with Gasteiger partial charge in [-0.05, 0) is 44.4 Å². The van der Waals surface area contributed by atoms with Gasteiger partial charge in [-0.15, -0.1) is 0 Å². The van der Waals surface area contributed by atoms with E-state index in [2.05, 4.69) is 20.4 Å². The van der Waals surface area contributed by atoms with E-state index in [1.807, 2.05) is 6.92 Å². The first-order chi connectivity index (χ1) is 7.88. The first-order valence-electron chi connectivity index (χ1n) is 6.96. The van der Waals surface area contributed by atoms with E-state index in [1.165, 1.54) is 5.57 Å². The van der Waals surface area contributed by atoms with Crippen LogP contribution >= 0.6 is 0 Å². The number of rotatable bonds is 1. The number of fused-ring (bicyclic) bond motifs is 3. The molecule has 0 spiro atoms. The van der Waals surface area contributed by atoms with Gasteiger partial charge in [-0.1, -0.05) is 26.0 Å². The number of ether oxygens (including phenoxy) is 1. The predicted octanol–water partition coefficient (Wildman–Crippen LogP) is 2.91. The molecule has 1 aliphatic heterocycles. The third kappa shape index (κ3) is 1.47. The molecule has 0 amide bonds. The lowest BCUT2D eigenvalue weighted by Crippen LogP contribution is -2.38. The second-order valence-corrected chi connectivity index (χ2v) is 6.83. The van der Waals surface area contributed by atoms with Crippen LogP contribution in [0.3, 0.4) is 0 Å². The Labute approximate surface area is 104 Å². The summed E-state index contributed by atoms with van der Waals surface area (Å²) in [5, 5.41) is 10.6. The maximum absolute atomic E-state index is 10.6. The summed E-state index contributed by atoms with van der Waals surface area (Å²) in [6.45, 7) is 10.7. The van der Waals surface area contributed by atoms with Gasteiger partial charge in [0.2, 0.25) is 0 Å². The average Bonchev–Trinajstić information content (AvgIpc) is 2.88. The molecule has 1 heterocycles. The van der Waals surface area contributed by atoms with Crippen LogP contribution in [0.2, 0.25) is 0 Å². The van der Waals surface area contributed by atoms with E-state index in [-0.39, 0.29) is 17.6 Å². The molecule has 5 atom stereocenters. The molecule has 1 unspecified atom stereocenters. The molecule has 0 radical (unpaired) electrons. The third-order valence-electron chi connectivity index (χ3n) is 5.55. The van der Waals surface area contributed by atoms with Crippen LogP contribution in [-0.2, 0) is 4.74 Å². The minimum Gasteiger partial charge on any atom is -0.390 e. The molecular formula is C15H24O2. The first kappa shape index (κ1) is 11.7. The van der Waals surface area contributed by atoms with E-state index in [1.54, 1.807) is 0 Å². The van der Waals surface area contributed by atoms with Crippen molar-refractivity contribution in [3.8, 4) is 0 Å². The summed E-state index contributed by atoms with van der Waals surface area (Å²) in [5.74, 6) is 1.30. The molecule has 0 aromatic heterocycles. The van der Waals surface area contributed by atoms with Crippen LogP contribution in [0.1, 0.15) is 46.5 Å². The summed E-state index contributed by atoms with van der Waals surface area (Å²) in [6.07, 6.45) is 4.42. The van der Waals surface area contributed by atoms with E-state index in [9.17, 15) is 5.11 Å². The van der Waals surface area contributed by atoms with Crippen LogP contribution in [0.15, 0.2) is 12.2 Å². The van der Waals surface area contributed by atoms with Crippen LogP contribution in [0.5, 0.6) is 0 Å². The van der Waals surface area contributed by atoms with Gasteiger partial charge in [0.05, 0.1) is 17.3 Å². The topological polar surface area (TPSA) is 32.8 Å². The SMILES string of the molecule is C=C1CC[C@@]2(C(C)C)O[C@H]2[C@H]2C1CC[C@]2(C)O. The van der Waals surface area contributed by atoms with Crippen molar-refractivity contribution in [2.24, 2.45) is 17.8 Å². The first-order valence-corrected chi connectivity index (χ1v) is 6.96. The van der Waals surface area contributed by atoms with Crippen molar-refractivity contribution in [3.63, 3.8) is 0 Å². The Morgan fingerprint density at radius 3 is 2.76 bits per heavy atom. The minimum atomic E-state index is -0.556. The van der Waals surface area contributed by atoms with Gasteiger partial charge in [0, 0.05) is 5.92 Å². The van der Waals surface area contributed by atoms with Gasteiger partial charge in [-0.3, -0.25) is 0 Å². The van der Waals surface area contributed by atoms with Gasteiger partial charge in [-0.25, -0.2) is 0 Å². The molecule has 96 valence electrons. The maximum Gasteiger partial charge on any atom is 0.0978 e. The van der Waals surface area contributed by atoms with Gasteiger partial charge in [0.15, 0.2) is 0 Å². The maximum atomic E-state index is 10.6. The van der Waals surface area contributed by atoms with Crippen molar-refractivity contribution in [1.29, 1.82) is 0 Å². The number of epoxide rings is 1. The van der Waals surface area contributed by atoms with Crippen molar-refractivity contribution >= 4 is 0 Å². The highest BCUT2D eigenvalue weighted by Crippen LogP contribution is 2.61. The Bertz CT molecular complexity index is 358. The zero-order valence-electron chi connectivity index (χ0n) is 11.2. The molecule has 2 saturated carbocycles. The fourth-order valence-electron chi connectivity index (χ4n) is 4.30. The lowest BCUT2D eigenvalue weighted by atomic mass is 9.77. The summed E-state index contributed by atoms with van der Waals surface area (Å²) in [7, 11) is 0. The predicted molar refractivity (Wildman–Crippen MR) is 67.7 cm³/mol. The largest absolute Gasteiger partial charge is 0.390 e. The summed E-state index contributed by atoms with van der Waals surface area (Å²) in [6, 6.07) is 0. The molecule has 2 nitrogen and oxygen atoms in total. The summed E-state index contributed by atoms with van der Waals surface area (Å²) in [4.78, 5) is 0. The monoisotopic (exact) mass is 236 g/mol. The smallest absolute Gasteiger partial charge is 0.0978 e. The van der Waals surface area contributed by atoms with Crippen LogP contribution in [-0.4, -0.2) is 22.4 Å². The van der Waals surface area contributed by atoms with E-state index >= 15 is 0 Å². The molecule has 2 heteroatoms. The lowest BCUT2D eigenvalue weighted by molar-refractivity contribution is 0.00193. The number of allylic oxidation sites excluding steroid dienone is 1. The van der Waals surface area contributed by atoms with Crippen molar-refractivity contribution in [2.75, 3.05) is 0 Å². The second-order valence-electron chi connectivity index (χ2n) is 6.83. The van der Waals surface area contributed by atoms with Gasteiger partial charge >= 0.3 is 0 Å². The minimum absolute atomic E-state index is 0.0384. The zero-order valence-corrected chi connectivity index (χ0v) is 11.2. The van der Waals surface area contributed by atoms with E-state index < -0.39 is 5.60 Å². The molecule has 3 rings (SSSR count). The van der Waals surface area contributed by atoms with Gasteiger partial charge in [-0.2, -0.15) is 0 Å². The Balaban J connectivity index is 1.96. The molecule has 17 heavy (non-hydrogen) atoms. The van der Waals surface area contributed by atoms with E-state index in [0.29, 0.717) is 11.8 Å². The van der Waals surface area contributed by atoms with Crippen LogP contribution < -0.4 is 0 Å². The van der Waals surface area contributed by atoms with E-state index in [4.69, 9.17) is 4.74 Å². The summed E-state index contributed by atoms with van der Waals surface area (Å²) in [5.41, 5.74) is 0.833. The Morgan fingerprint density at radius 2 is 2.12 bits per heavy atom. The van der Waals surface area contributed by atoms with Gasteiger partial charge < -0.3 is 9.84 Å². The van der Waals surface area contributed by atoms with Crippen LogP contribution in [0.25, 0.3) is 0 Å². The van der Waals surface area contributed by atoms with Crippen molar-refractivity contribution < 1.29 is 9.84 Å². The summed E-state index contributed by atoms with van der Waals surface area (Å²) >= 11 is 0. The van der Waals surface area contributed by atoms with Crippen LogP contribution in [0, 0.1) is 17.8 Å². The zero-order chi connectivity index (χ0) is 12.4. The number of hydrogen-bond donors (Lipinski definition) is 1. The molecule has 3 aliphatic rings. The fourth-order valence-corrected chi connectivity index (χ4v) is 4.30. The Morgan fingerprint density at radius 1 is 1.41 bits per heavy atom. The van der Waals surface area contributed by atoms with Gasteiger partial charge in [0.1, 0.15) is 0 Å². The quantitative estimate of drug-likeness (QED) is 0.561. The average molecular weight is 236 g/mol. The highest BCUT2D eigenvalue weighted by molar-refractivity contribution is 5.23. The standard InChI is InChI=1S/C15H24O2/c1-9(2)15-8-5-10(3)11-6-7-14(4,16)12(11)13(15)17-15/h9,11-13,16H,3,5-8H2,1-2,4H3/t11?,12-,13+,14+,15+/m1/s1. The Kier molecular flexibility index (Phi) is 2.32. The Hall–Kier alpha value is -0.340. The highest BCUT2D eigenvalue weighted by atomic mass is 16.6. The molecule has 3 fully saturated rings. The summed E-state index contributed by atoms with van der Waals surface area (Å²) < 4.78 is 6.10. The van der Waals surface area contributed by atoms with Crippen LogP contribution in [0.4, 0.5) is 0 Å². The molecule has 1 saturated heterocycles.